The number of nitrogens with zero attached hydrogens (tertiary/aromatic N) is 3. The number of ketones is 1. The maximum Gasteiger partial charge on any atom is 0.417 e. The van der Waals surface area contributed by atoms with Gasteiger partial charge in [-0.2, -0.15) is 13.2 Å². The van der Waals surface area contributed by atoms with Crippen LogP contribution >= 0.6 is 0 Å². The van der Waals surface area contributed by atoms with E-state index in [0.717, 1.165) is 30.7 Å². The van der Waals surface area contributed by atoms with Crippen molar-refractivity contribution in [1.82, 2.24) is 9.88 Å². The van der Waals surface area contributed by atoms with Crippen LogP contribution in [0.25, 0.3) is 0 Å². The van der Waals surface area contributed by atoms with Gasteiger partial charge in [-0.3, -0.25) is 9.59 Å². The lowest BCUT2D eigenvalue weighted by atomic mass is 9.68. The SMILES string of the molecule is C[C@H](CCCC(=O)C1(c2ccccc2)CCN(C(=O)C2CCN(c3ccc(C(F)(F)F)cn3)CC2)CC1)c1ccccc1. The molecule has 1 amide bonds. The molecule has 228 valence electrons. The van der Waals surface area contributed by atoms with Crippen molar-refractivity contribution in [1.29, 1.82) is 0 Å². The number of hydrogen-bond donors (Lipinski definition) is 0. The normalized spacial score (nSPS) is 18.3. The van der Waals surface area contributed by atoms with E-state index in [4.69, 9.17) is 0 Å². The predicted octanol–water partition coefficient (Wildman–Crippen LogP) is 7.42. The first kappa shape index (κ1) is 30.8. The van der Waals surface area contributed by atoms with Crippen molar-refractivity contribution in [2.45, 2.75) is 69.4 Å². The molecule has 0 aliphatic carbocycles. The fraction of sp³-hybridized carbons (Fsp3) is 0.457. The second-order valence-electron chi connectivity index (χ2n) is 12.1. The maximum atomic E-state index is 13.9. The third kappa shape index (κ3) is 7.11. The van der Waals surface area contributed by atoms with E-state index in [0.29, 0.717) is 70.0 Å². The van der Waals surface area contributed by atoms with Crippen molar-refractivity contribution in [3.63, 3.8) is 0 Å². The van der Waals surface area contributed by atoms with Crippen molar-refractivity contribution >= 4 is 17.5 Å². The number of rotatable bonds is 9. The second-order valence-corrected chi connectivity index (χ2v) is 12.1. The fourth-order valence-corrected chi connectivity index (χ4v) is 6.71. The van der Waals surface area contributed by atoms with E-state index in [1.807, 2.05) is 46.2 Å². The maximum absolute atomic E-state index is 13.9. The minimum Gasteiger partial charge on any atom is -0.357 e. The lowest BCUT2D eigenvalue weighted by molar-refractivity contribution is -0.140. The monoisotopic (exact) mass is 591 g/mol. The molecule has 0 N–H and O–H groups in total. The van der Waals surface area contributed by atoms with Crippen molar-refractivity contribution in [3.05, 3.63) is 95.7 Å². The van der Waals surface area contributed by atoms with E-state index in [2.05, 4.69) is 36.2 Å². The number of pyridine rings is 1. The summed E-state index contributed by atoms with van der Waals surface area (Å²) < 4.78 is 38.7. The summed E-state index contributed by atoms with van der Waals surface area (Å²) in [6.07, 6.45) is 1.24. The molecule has 0 unspecified atom stereocenters. The zero-order valence-electron chi connectivity index (χ0n) is 24.7. The number of hydrogen-bond acceptors (Lipinski definition) is 4. The molecule has 3 heterocycles. The van der Waals surface area contributed by atoms with Crippen LogP contribution in [0.5, 0.6) is 0 Å². The van der Waals surface area contributed by atoms with Gasteiger partial charge in [0.1, 0.15) is 11.6 Å². The Morgan fingerprint density at radius 3 is 2.12 bits per heavy atom. The van der Waals surface area contributed by atoms with Gasteiger partial charge in [-0.1, -0.05) is 67.6 Å². The first-order valence-electron chi connectivity index (χ1n) is 15.4. The lowest BCUT2D eigenvalue weighted by Gasteiger charge is -2.43. The van der Waals surface area contributed by atoms with Gasteiger partial charge in [0.25, 0.3) is 0 Å². The highest BCUT2D eigenvalue weighted by Gasteiger charge is 2.43. The molecular weight excluding hydrogens is 551 g/mol. The summed E-state index contributed by atoms with van der Waals surface area (Å²) in [6.45, 7) is 4.43. The number of anilines is 1. The molecule has 2 saturated heterocycles. The van der Waals surface area contributed by atoms with Crippen LogP contribution in [0.2, 0.25) is 0 Å². The average Bonchev–Trinajstić information content (AvgIpc) is 3.05. The Balaban J connectivity index is 1.17. The van der Waals surface area contributed by atoms with Gasteiger partial charge >= 0.3 is 6.18 Å². The number of piperidine rings is 2. The van der Waals surface area contributed by atoms with E-state index in [1.54, 1.807) is 0 Å². The molecule has 43 heavy (non-hydrogen) atoms. The average molecular weight is 592 g/mol. The van der Waals surface area contributed by atoms with Crippen molar-refractivity contribution < 1.29 is 22.8 Å². The minimum atomic E-state index is -4.41. The van der Waals surface area contributed by atoms with Crippen molar-refractivity contribution in [3.8, 4) is 0 Å². The van der Waals surface area contributed by atoms with E-state index in [-0.39, 0.29) is 17.6 Å². The molecule has 2 fully saturated rings. The van der Waals surface area contributed by atoms with Gasteiger partial charge in [0, 0.05) is 44.7 Å². The summed E-state index contributed by atoms with van der Waals surface area (Å²) in [5, 5.41) is 0. The summed E-state index contributed by atoms with van der Waals surface area (Å²) in [7, 11) is 0. The highest BCUT2D eigenvalue weighted by molar-refractivity contribution is 5.91. The van der Waals surface area contributed by atoms with Gasteiger partial charge < -0.3 is 9.80 Å². The van der Waals surface area contributed by atoms with E-state index in [9.17, 15) is 22.8 Å². The summed E-state index contributed by atoms with van der Waals surface area (Å²) in [4.78, 5) is 35.3. The van der Waals surface area contributed by atoms with Crippen molar-refractivity contribution in [2.75, 3.05) is 31.1 Å². The minimum absolute atomic E-state index is 0.117. The Hall–Kier alpha value is -3.68. The molecule has 3 aromatic rings. The molecule has 0 bridgehead atoms. The van der Waals surface area contributed by atoms with Gasteiger partial charge in [0.15, 0.2) is 0 Å². The molecule has 2 aliphatic heterocycles. The van der Waals surface area contributed by atoms with E-state index >= 15 is 0 Å². The Kier molecular flexibility index (Phi) is 9.52. The summed E-state index contributed by atoms with van der Waals surface area (Å²) in [6, 6.07) is 22.9. The standard InChI is InChI=1S/C35H40F3N3O2/c1-26(27-10-4-2-5-11-27)9-8-14-31(42)34(29-12-6-3-7-13-29)19-23-41(24-20-34)33(43)28-17-21-40(22-18-28)32-16-15-30(25-39-32)35(36,37)38/h2-7,10-13,15-16,25-26,28H,8-9,14,17-24H2,1H3/t26-/m1/s1. The van der Waals surface area contributed by atoms with Crippen LogP contribution in [0, 0.1) is 5.92 Å². The Morgan fingerprint density at radius 2 is 1.53 bits per heavy atom. The zero-order valence-corrected chi connectivity index (χ0v) is 24.7. The Labute approximate surface area is 252 Å². The van der Waals surface area contributed by atoms with Crippen LogP contribution in [-0.4, -0.2) is 47.8 Å². The van der Waals surface area contributed by atoms with Gasteiger partial charge in [-0.05, 0) is 67.7 Å². The number of carbonyl (C=O) groups excluding carboxylic acids is 2. The summed E-state index contributed by atoms with van der Waals surface area (Å²) >= 11 is 0. The van der Waals surface area contributed by atoms with Crippen molar-refractivity contribution in [2.24, 2.45) is 5.92 Å². The first-order valence-corrected chi connectivity index (χ1v) is 15.4. The number of benzene rings is 2. The molecule has 2 aromatic carbocycles. The van der Waals surface area contributed by atoms with Crippen LogP contribution in [-0.2, 0) is 21.2 Å². The quantitative estimate of drug-likeness (QED) is 0.260. The van der Waals surface area contributed by atoms with Crippen LogP contribution in [0.4, 0.5) is 19.0 Å². The van der Waals surface area contributed by atoms with E-state index < -0.39 is 17.2 Å². The van der Waals surface area contributed by atoms with Gasteiger partial charge in [-0.15, -0.1) is 0 Å². The molecule has 0 spiro atoms. The van der Waals surface area contributed by atoms with Gasteiger partial charge in [0.05, 0.1) is 11.0 Å². The topological polar surface area (TPSA) is 53.5 Å². The molecule has 5 rings (SSSR count). The number of carbonyl (C=O) groups is 2. The molecule has 0 radical (unpaired) electrons. The predicted molar refractivity (Wildman–Crippen MR) is 162 cm³/mol. The highest BCUT2D eigenvalue weighted by Crippen LogP contribution is 2.39. The molecule has 1 aromatic heterocycles. The lowest BCUT2D eigenvalue weighted by Crippen LogP contribution is -2.51. The first-order chi connectivity index (χ1) is 20.7. The molecule has 0 saturated carbocycles. The summed E-state index contributed by atoms with van der Waals surface area (Å²) in [5.41, 5.74) is 0.991. The highest BCUT2D eigenvalue weighted by atomic mass is 19.4. The van der Waals surface area contributed by atoms with Crippen LogP contribution in [0.3, 0.4) is 0 Å². The third-order valence-electron chi connectivity index (χ3n) is 9.44. The molecule has 1 atom stereocenters. The smallest absolute Gasteiger partial charge is 0.357 e. The number of Topliss-reactive ketones (excluding diaryl/α,β-unsaturated/α-hetero) is 1. The summed E-state index contributed by atoms with van der Waals surface area (Å²) in [5.74, 6) is 1.14. The van der Waals surface area contributed by atoms with Crippen LogP contribution in [0.1, 0.15) is 74.5 Å². The van der Waals surface area contributed by atoms with Crippen LogP contribution < -0.4 is 4.90 Å². The van der Waals surface area contributed by atoms with Gasteiger partial charge in [0.2, 0.25) is 5.91 Å². The largest absolute Gasteiger partial charge is 0.417 e. The fourth-order valence-electron chi connectivity index (χ4n) is 6.71. The van der Waals surface area contributed by atoms with Gasteiger partial charge in [-0.25, -0.2) is 4.98 Å². The molecular formula is C35H40F3N3O2. The van der Waals surface area contributed by atoms with E-state index in [1.165, 1.54) is 11.6 Å². The molecule has 2 aliphatic rings. The Morgan fingerprint density at radius 1 is 0.907 bits per heavy atom. The molecule has 8 heteroatoms. The number of aromatic nitrogens is 1. The third-order valence-corrected chi connectivity index (χ3v) is 9.44. The number of halogens is 3. The second kappa shape index (κ2) is 13.3. The molecule has 5 nitrogen and oxygen atoms in total. The zero-order chi connectivity index (χ0) is 30.5. The van der Waals surface area contributed by atoms with Crippen LogP contribution in [0.15, 0.2) is 79.0 Å². The number of amides is 1. The number of alkyl halides is 3. The Bertz CT molecular complexity index is 1350. The number of likely N-dealkylation sites (tertiary alicyclic amines) is 1.